The zero-order valence-corrected chi connectivity index (χ0v) is 13.7. The van der Waals surface area contributed by atoms with Crippen molar-refractivity contribution in [3.8, 4) is 5.75 Å². The standard InChI is InChI=1S/C14H15BrClNOS/c1-2-18-13-5-3-11(7-10(13)8-16)17-9-12-4-6-14(15)19-12/h3-7,17H,2,8-9H2,1H3. The van der Waals surface area contributed by atoms with Crippen molar-refractivity contribution in [1.82, 2.24) is 0 Å². The summed E-state index contributed by atoms with van der Waals surface area (Å²) < 4.78 is 6.68. The summed E-state index contributed by atoms with van der Waals surface area (Å²) in [7, 11) is 0. The molecule has 0 aliphatic rings. The average molecular weight is 361 g/mol. The summed E-state index contributed by atoms with van der Waals surface area (Å²) in [6.45, 7) is 3.44. The number of benzene rings is 1. The van der Waals surface area contributed by atoms with E-state index in [1.165, 1.54) is 4.88 Å². The van der Waals surface area contributed by atoms with E-state index < -0.39 is 0 Å². The van der Waals surface area contributed by atoms with E-state index in [1.54, 1.807) is 11.3 Å². The van der Waals surface area contributed by atoms with Crippen LogP contribution >= 0.6 is 38.9 Å². The molecule has 2 aromatic rings. The van der Waals surface area contributed by atoms with Crippen LogP contribution < -0.4 is 10.1 Å². The van der Waals surface area contributed by atoms with Crippen LogP contribution in [0, 0.1) is 0 Å². The lowest BCUT2D eigenvalue weighted by atomic mass is 10.2. The Balaban J connectivity index is 2.04. The Morgan fingerprint density at radius 1 is 1.32 bits per heavy atom. The summed E-state index contributed by atoms with van der Waals surface area (Å²) in [6.07, 6.45) is 0. The number of thiophene rings is 1. The van der Waals surface area contributed by atoms with Gasteiger partial charge in [0.15, 0.2) is 0 Å². The minimum absolute atomic E-state index is 0.454. The third-order valence-electron chi connectivity index (χ3n) is 2.60. The number of ether oxygens (including phenoxy) is 1. The molecular formula is C14H15BrClNOS. The second-order valence-electron chi connectivity index (χ2n) is 3.95. The molecular weight excluding hydrogens is 346 g/mol. The first kappa shape index (κ1) is 14.7. The highest BCUT2D eigenvalue weighted by atomic mass is 79.9. The summed E-state index contributed by atoms with van der Waals surface area (Å²) in [4.78, 5) is 1.29. The minimum Gasteiger partial charge on any atom is -0.494 e. The average Bonchev–Trinajstić information content (AvgIpc) is 2.83. The van der Waals surface area contributed by atoms with Gasteiger partial charge in [0.05, 0.1) is 16.3 Å². The van der Waals surface area contributed by atoms with Gasteiger partial charge in [0.1, 0.15) is 5.75 Å². The monoisotopic (exact) mass is 359 g/mol. The molecule has 2 rings (SSSR count). The van der Waals surface area contributed by atoms with Crippen molar-refractivity contribution in [1.29, 1.82) is 0 Å². The lowest BCUT2D eigenvalue weighted by Crippen LogP contribution is -2.00. The van der Waals surface area contributed by atoms with Gasteiger partial charge in [0.2, 0.25) is 0 Å². The van der Waals surface area contributed by atoms with Crippen molar-refractivity contribution < 1.29 is 4.74 Å². The molecule has 102 valence electrons. The maximum atomic E-state index is 5.95. The van der Waals surface area contributed by atoms with Gasteiger partial charge in [-0.05, 0) is 53.2 Å². The molecule has 0 bridgehead atoms. The van der Waals surface area contributed by atoms with Crippen molar-refractivity contribution in [3.63, 3.8) is 0 Å². The topological polar surface area (TPSA) is 21.3 Å². The zero-order valence-electron chi connectivity index (χ0n) is 10.6. The van der Waals surface area contributed by atoms with Gasteiger partial charge in [0, 0.05) is 22.7 Å². The number of rotatable bonds is 6. The molecule has 19 heavy (non-hydrogen) atoms. The smallest absolute Gasteiger partial charge is 0.123 e. The fourth-order valence-electron chi connectivity index (χ4n) is 1.73. The lowest BCUT2D eigenvalue weighted by Gasteiger charge is -2.11. The van der Waals surface area contributed by atoms with Crippen LogP contribution in [0.5, 0.6) is 5.75 Å². The third kappa shape index (κ3) is 4.13. The molecule has 2 nitrogen and oxygen atoms in total. The predicted molar refractivity (Wildman–Crippen MR) is 86.5 cm³/mol. The Bertz CT molecular complexity index is 544. The van der Waals surface area contributed by atoms with Crippen LogP contribution in [0.3, 0.4) is 0 Å². The van der Waals surface area contributed by atoms with E-state index in [1.807, 2.05) is 25.1 Å². The van der Waals surface area contributed by atoms with Crippen LogP contribution in [0.2, 0.25) is 0 Å². The Hall–Kier alpha value is -0.710. The second-order valence-corrected chi connectivity index (χ2v) is 6.76. The predicted octanol–water partition coefficient (Wildman–Crippen LogP) is 5.26. The quantitative estimate of drug-likeness (QED) is 0.709. The first-order valence-corrected chi connectivity index (χ1v) is 8.17. The molecule has 0 aliphatic carbocycles. The van der Waals surface area contributed by atoms with E-state index in [-0.39, 0.29) is 0 Å². The molecule has 0 unspecified atom stereocenters. The molecule has 1 aromatic heterocycles. The first-order valence-electron chi connectivity index (χ1n) is 6.02. The number of anilines is 1. The Labute approximate surface area is 130 Å². The fourth-order valence-corrected chi connectivity index (χ4v) is 3.36. The number of halogens is 2. The highest BCUT2D eigenvalue weighted by Gasteiger charge is 2.04. The van der Waals surface area contributed by atoms with Crippen LogP contribution in [0.1, 0.15) is 17.4 Å². The Morgan fingerprint density at radius 2 is 2.16 bits per heavy atom. The van der Waals surface area contributed by atoms with Crippen molar-refractivity contribution in [2.45, 2.75) is 19.3 Å². The Morgan fingerprint density at radius 3 is 2.79 bits per heavy atom. The van der Waals surface area contributed by atoms with Crippen LogP contribution in [0.25, 0.3) is 0 Å². The summed E-state index contributed by atoms with van der Waals surface area (Å²) in [5, 5.41) is 3.39. The first-order chi connectivity index (χ1) is 9.22. The number of nitrogens with one attached hydrogen (secondary N) is 1. The maximum Gasteiger partial charge on any atom is 0.123 e. The highest BCUT2D eigenvalue weighted by Crippen LogP contribution is 2.26. The van der Waals surface area contributed by atoms with Crippen LogP contribution in [-0.2, 0) is 12.4 Å². The van der Waals surface area contributed by atoms with E-state index in [4.69, 9.17) is 16.3 Å². The van der Waals surface area contributed by atoms with Gasteiger partial charge < -0.3 is 10.1 Å². The third-order valence-corrected chi connectivity index (χ3v) is 4.51. The van der Waals surface area contributed by atoms with E-state index in [9.17, 15) is 0 Å². The van der Waals surface area contributed by atoms with E-state index in [0.717, 1.165) is 27.3 Å². The molecule has 0 saturated heterocycles. The molecule has 0 radical (unpaired) electrons. The molecule has 0 atom stereocenters. The van der Waals surface area contributed by atoms with Crippen molar-refractivity contribution in [2.75, 3.05) is 11.9 Å². The Kier molecular flexibility index (Phi) is 5.55. The molecule has 0 saturated carbocycles. The van der Waals surface area contributed by atoms with Gasteiger partial charge in [-0.3, -0.25) is 0 Å². The molecule has 0 spiro atoms. The summed E-state index contributed by atoms with van der Waals surface area (Å²) in [6, 6.07) is 10.2. The summed E-state index contributed by atoms with van der Waals surface area (Å²) >= 11 is 11.1. The molecule has 0 fully saturated rings. The molecule has 1 heterocycles. The van der Waals surface area contributed by atoms with Crippen molar-refractivity contribution >= 4 is 44.6 Å². The molecule has 0 aliphatic heterocycles. The van der Waals surface area contributed by atoms with Crippen LogP contribution in [0.4, 0.5) is 5.69 Å². The fraction of sp³-hybridized carbons (Fsp3) is 0.286. The summed E-state index contributed by atoms with van der Waals surface area (Å²) in [5.74, 6) is 1.32. The highest BCUT2D eigenvalue weighted by molar-refractivity contribution is 9.11. The molecule has 0 amide bonds. The van der Waals surface area contributed by atoms with Gasteiger partial charge in [-0.2, -0.15) is 0 Å². The van der Waals surface area contributed by atoms with Gasteiger partial charge in [-0.25, -0.2) is 0 Å². The zero-order chi connectivity index (χ0) is 13.7. The molecule has 5 heteroatoms. The number of hydrogen-bond donors (Lipinski definition) is 1. The second kappa shape index (κ2) is 7.17. The van der Waals surface area contributed by atoms with Crippen LogP contribution in [-0.4, -0.2) is 6.61 Å². The van der Waals surface area contributed by atoms with Gasteiger partial charge in [0.25, 0.3) is 0 Å². The molecule has 1 N–H and O–H groups in total. The molecule has 1 aromatic carbocycles. The summed E-state index contributed by atoms with van der Waals surface area (Å²) in [5.41, 5.74) is 2.07. The van der Waals surface area contributed by atoms with Gasteiger partial charge >= 0.3 is 0 Å². The van der Waals surface area contributed by atoms with E-state index in [0.29, 0.717) is 12.5 Å². The van der Waals surface area contributed by atoms with Crippen molar-refractivity contribution in [2.24, 2.45) is 0 Å². The SMILES string of the molecule is CCOc1ccc(NCc2ccc(Br)s2)cc1CCl. The van der Waals surface area contributed by atoms with Gasteiger partial charge in [-0.15, -0.1) is 22.9 Å². The maximum absolute atomic E-state index is 5.95. The van der Waals surface area contributed by atoms with E-state index in [2.05, 4.69) is 33.4 Å². The minimum atomic E-state index is 0.454. The number of hydrogen-bond acceptors (Lipinski definition) is 3. The number of alkyl halides is 1. The van der Waals surface area contributed by atoms with Gasteiger partial charge in [-0.1, -0.05) is 0 Å². The largest absolute Gasteiger partial charge is 0.494 e. The lowest BCUT2D eigenvalue weighted by molar-refractivity contribution is 0.337. The van der Waals surface area contributed by atoms with E-state index >= 15 is 0 Å². The van der Waals surface area contributed by atoms with Crippen molar-refractivity contribution in [3.05, 3.63) is 44.6 Å². The normalized spacial score (nSPS) is 10.5. The van der Waals surface area contributed by atoms with Crippen LogP contribution in [0.15, 0.2) is 34.1 Å².